The van der Waals surface area contributed by atoms with Gasteiger partial charge in [-0.2, -0.15) is 0 Å². The lowest BCUT2D eigenvalue weighted by atomic mass is 9.89. The minimum atomic E-state index is 0.0247. The van der Waals surface area contributed by atoms with Crippen LogP contribution in [0.25, 0.3) is 16.9 Å². The van der Waals surface area contributed by atoms with Crippen LogP contribution in [-0.4, -0.2) is 9.55 Å². The van der Waals surface area contributed by atoms with Crippen molar-refractivity contribution < 1.29 is 9.51 Å². The number of rotatable bonds is 0. The smallest absolute Gasteiger partial charge is 0.239 e. The van der Waals surface area contributed by atoms with Gasteiger partial charge >= 0.3 is 0 Å². The fraction of sp³-hybridized carbons (Fsp3) is 0.250. The van der Waals surface area contributed by atoms with E-state index >= 15 is 0 Å². The average molecular weight is 265 g/mol. The maximum absolute atomic E-state index is 12.2. The molecule has 2 heterocycles. The van der Waals surface area contributed by atoms with Gasteiger partial charge in [-0.05, 0) is 25.3 Å². The van der Waals surface area contributed by atoms with Crippen LogP contribution in [-0.2, 0) is 19.9 Å². The molecule has 4 nitrogen and oxygen atoms in total. The van der Waals surface area contributed by atoms with Crippen molar-refractivity contribution in [1.29, 1.82) is 0 Å². The van der Waals surface area contributed by atoms with Crippen molar-refractivity contribution in [3.05, 3.63) is 47.4 Å². The zero-order chi connectivity index (χ0) is 13.9. The first-order chi connectivity index (χ1) is 9.68. The fourth-order valence-electron chi connectivity index (χ4n) is 3.18. The molecule has 20 heavy (non-hydrogen) atoms. The normalized spacial score (nSPS) is 13.3. The van der Waals surface area contributed by atoms with Gasteiger partial charge in [-0.25, -0.2) is 4.40 Å². The first-order valence-electron chi connectivity index (χ1n) is 6.82. The minimum Gasteiger partial charge on any atom is -0.846 e. The Morgan fingerprint density at radius 3 is 2.90 bits per heavy atom. The highest BCUT2D eigenvalue weighted by Gasteiger charge is 2.26. The maximum atomic E-state index is 12.2. The summed E-state index contributed by atoms with van der Waals surface area (Å²) in [6, 6.07) is 8.39. The molecule has 0 amide bonds. The molecule has 0 atom stereocenters. The molecule has 0 saturated carbocycles. The molecule has 1 aliphatic carbocycles. The molecule has 0 bridgehead atoms. The number of imidazole rings is 1. The number of fused-ring (bicyclic) bond motifs is 5. The topological polar surface area (TPSA) is 45.0 Å². The Kier molecular flexibility index (Phi) is 2.19. The van der Waals surface area contributed by atoms with E-state index in [9.17, 15) is 5.11 Å². The molecule has 0 fully saturated rings. The van der Waals surface area contributed by atoms with Crippen molar-refractivity contribution in [3.63, 3.8) is 0 Å². The van der Waals surface area contributed by atoms with E-state index in [0.29, 0.717) is 0 Å². The van der Waals surface area contributed by atoms with Crippen molar-refractivity contribution in [2.75, 3.05) is 0 Å². The monoisotopic (exact) mass is 265 g/mol. The molecule has 100 valence electrons. The molecule has 1 aromatic carbocycles. The van der Waals surface area contributed by atoms with Crippen LogP contribution < -0.4 is 9.51 Å². The molecule has 2 aromatic heterocycles. The number of aryl methyl sites for hydroxylation is 3. The van der Waals surface area contributed by atoms with Crippen LogP contribution in [0.1, 0.15) is 16.8 Å². The van der Waals surface area contributed by atoms with Crippen molar-refractivity contribution in [2.45, 2.75) is 19.8 Å². The predicted octanol–water partition coefficient (Wildman–Crippen LogP) is 1.31. The highest BCUT2D eigenvalue weighted by Crippen LogP contribution is 2.33. The minimum absolute atomic E-state index is 0.0247. The van der Waals surface area contributed by atoms with Gasteiger partial charge < -0.3 is 5.11 Å². The number of nitrogens with zero attached hydrogens (tertiary/aromatic N) is 3. The molecule has 0 radical (unpaired) electrons. The molecule has 4 heteroatoms. The number of aromatic nitrogens is 3. The summed E-state index contributed by atoms with van der Waals surface area (Å²) in [5.74, 6) is 0.0247. The summed E-state index contributed by atoms with van der Waals surface area (Å²) in [5.41, 5.74) is 6.46. The van der Waals surface area contributed by atoms with E-state index in [0.717, 1.165) is 29.9 Å². The average Bonchev–Trinajstić information content (AvgIpc) is 2.72. The van der Waals surface area contributed by atoms with Crippen molar-refractivity contribution in [1.82, 2.24) is 9.55 Å². The fourth-order valence-corrected chi connectivity index (χ4v) is 3.18. The van der Waals surface area contributed by atoms with Gasteiger partial charge in [-0.1, -0.05) is 24.3 Å². The van der Waals surface area contributed by atoms with Gasteiger partial charge in [0.15, 0.2) is 5.69 Å². The Labute approximate surface area is 117 Å². The lowest BCUT2D eigenvalue weighted by Crippen LogP contribution is -2.28. The van der Waals surface area contributed by atoms with Crippen LogP contribution in [0.5, 0.6) is 5.88 Å². The molecule has 3 aromatic rings. The number of hydrogen-bond donors (Lipinski definition) is 0. The summed E-state index contributed by atoms with van der Waals surface area (Å²) in [4.78, 5) is 4.55. The molecular formula is C16H15N3O. The Hall–Kier alpha value is -2.36. The van der Waals surface area contributed by atoms with Gasteiger partial charge in [0.05, 0.1) is 24.2 Å². The molecule has 0 saturated heterocycles. The van der Waals surface area contributed by atoms with E-state index in [1.54, 1.807) is 10.7 Å². The highest BCUT2D eigenvalue weighted by molar-refractivity contribution is 5.73. The molecule has 0 aliphatic heterocycles. The van der Waals surface area contributed by atoms with Crippen molar-refractivity contribution >= 4 is 5.65 Å². The quantitative estimate of drug-likeness (QED) is 0.575. The third-order valence-corrected chi connectivity index (χ3v) is 4.35. The maximum Gasteiger partial charge on any atom is 0.239 e. The second-order valence-electron chi connectivity index (χ2n) is 5.37. The first kappa shape index (κ1) is 11.5. The summed E-state index contributed by atoms with van der Waals surface area (Å²) < 4.78 is 3.65. The first-order valence-corrected chi connectivity index (χ1v) is 6.82. The van der Waals surface area contributed by atoms with E-state index in [1.807, 2.05) is 24.6 Å². The van der Waals surface area contributed by atoms with E-state index in [2.05, 4.69) is 23.2 Å². The van der Waals surface area contributed by atoms with Gasteiger partial charge in [0.1, 0.15) is 0 Å². The molecule has 1 aliphatic rings. The van der Waals surface area contributed by atoms with Crippen molar-refractivity contribution in [2.24, 2.45) is 7.05 Å². The van der Waals surface area contributed by atoms with Crippen LogP contribution in [0.15, 0.2) is 30.6 Å². The Morgan fingerprint density at radius 2 is 2.05 bits per heavy atom. The Balaban J connectivity index is 2.13. The lowest BCUT2D eigenvalue weighted by molar-refractivity contribution is -0.586. The van der Waals surface area contributed by atoms with Crippen LogP contribution >= 0.6 is 0 Å². The lowest BCUT2D eigenvalue weighted by Gasteiger charge is -2.16. The standard InChI is InChI=1S/C16H15N3O/c1-10-16(20)19-9-17-14-12-6-4-3-5-11(12)7-8-13(14)15(19)18(10)2/h3-6,9H,7-8H2,1-2H3. The second-order valence-corrected chi connectivity index (χ2v) is 5.37. The van der Waals surface area contributed by atoms with Gasteiger partial charge in [0, 0.05) is 5.56 Å². The molecular weight excluding hydrogens is 250 g/mol. The Morgan fingerprint density at radius 1 is 1.25 bits per heavy atom. The van der Waals surface area contributed by atoms with Crippen LogP contribution in [0.4, 0.5) is 0 Å². The molecule has 0 N–H and O–H groups in total. The van der Waals surface area contributed by atoms with Gasteiger partial charge in [-0.3, -0.25) is 4.57 Å². The van der Waals surface area contributed by atoms with Gasteiger partial charge in [0.2, 0.25) is 12.0 Å². The third-order valence-electron chi connectivity index (χ3n) is 4.35. The van der Waals surface area contributed by atoms with E-state index in [4.69, 9.17) is 0 Å². The summed E-state index contributed by atoms with van der Waals surface area (Å²) in [5, 5.41) is 12.2. The van der Waals surface area contributed by atoms with Crippen LogP contribution in [0.3, 0.4) is 0 Å². The zero-order valence-corrected chi connectivity index (χ0v) is 11.6. The number of hydrogen-bond acceptors (Lipinski definition) is 2. The zero-order valence-electron chi connectivity index (χ0n) is 11.6. The van der Waals surface area contributed by atoms with Crippen LogP contribution in [0.2, 0.25) is 0 Å². The molecule has 0 unspecified atom stereocenters. The summed E-state index contributed by atoms with van der Waals surface area (Å²) in [7, 11) is 1.95. The third kappa shape index (κ3) is 1.31. The molecule has 0 spiro atoms. The van der Waals surface area contributed by atoms with Gasteiger partial charge in [0.25, 0.3) is 0 Å². The summed E-state index contributed by atoms with van der Waals surface area (Å²) in [6.45, 7) is 1.86. The van der Waals surface area contributed by atoms with E-state index in [1.165, 1.54) is 16.7 Å². The predicted molar refractivity (Wildman–Crippen MR) is 73.4 cm³/mol. The second kappa shape index (κ2) is 3.82. The van der Waals surface area contributed by atoms with E-state index in [-0.39, 0.29) is 5.88 Å². The summed E-state index contributed by atoms with van der Waals surface area (Å²) >= 11 is 0. The van der Waals surface area contributed by atoms with Crippen LogP contribution in [0, 0.1) is 6.92 Å². The highest BCUT2D eigenvalue weighted by atomic mass is 16.3. The van der Waals surface area contributed by atoms with E-state index < -0.39 is 0 Å². The largest absolute Gasteiger partial charge is 0.846 e. The number of benzene rings is 1. The Bertz CT molecular complexity index is 849. The SMILES string of the molecule is Cc1c([O-])[n+]2cnc3c(c2n1C)CCc1ccccc1-3. The van der Waals surface area contributed by atoms with Crippen molar-refractivity contribution in [3.8, 4) is 17.1 Å². The summed E-state index contributed by atoms with van der Waals surface area (Å²) in [6.07, 6.45) is 3.59. The molecule has 4 rings (SSSR count). The van der Waals surface area contributed by atoms with Gasteiger partial charge in [-0.15, -0.1) is 4.98 Å².